The molecule has 18 heavy (non-hydrogen) atoms. The van der Waals surface area contributed by atoms with Gasteiger partial charge in [0.05, 0.1) is 0 Å². The molecule has 8 bridgehead atoms. The number of hydrogen-bond donors (Lipinski definition) is 0. The van der Waals surface area contributed by atoms with E-state index < -0.39 is 0 Å². The standard InChI is InChI=1S/C14H16Br4/c15-11-1-7-8-3-12(16)4-10(14(8,18)5-11)9(2-11)13(7,17)6-12/h7-10H,1-6H2. The van der Waals surface area contributed by atoms with Crippen LogP contribution in [0.4, 0.5) is 0 Å². The van der Waals surface area contributed by atoms with Crippen LogP contribution in [0.1, 0.15) is 38.5 Å². The molecule has 4 unspecified atom stereocenters. The van der Waals surface area contributed by atoms with Crippen LogP contribution in [0.15, 0.2) is 0 Å². The second-order valence-corrected chi connectivity index (χ2v) is 14.1. The topological polar surface area (TPSA) is 0 Å². The highest BCUT2D eigenvalue weighted by atomic mass is 79.9. The maximum absolute atomic E-state index is 4.26. The molecule has 0 N–H and O–H groups in total. The van der Waals surface area contributed by atoms with E-state index in [2.05, 4.69) is 63.7 Å². The van der Waals surface area contributed by atoms with Crippen molar-refractivity contribution in [2.24, 2.45) is 23.7 Å². The molecule has 0 aromatic carbocycles. The van der Waals surface area contributed by atoms with Gasteiger partial charge in [0.1, 0.15) is 0 Å². The normalized spacial score (nSPS) is 75.3. The Labute approximate surface area is 142 Å². The average Bonchev–Trinajstić information content (AvgIpc) is 2.23. The predicted octanol–water partition coefficient (Wildman–Crippen LogP) is 5.39. The molecule has 0 spiro atoms. The van der Waals surface area contributed by atoms with Crippen molar-refractivity contribution in [3.05, 3.63) is 0 Å². The van der Waals surface area contributed by atoms with Gasteiger partial charge in [0, 0.05) is 17.3 Å². The van der Waals surface area contributed by atoms with Gasteiger partial charge in [-0.1, -0.05) is 63.7 Å². The molecule has 7 aliphatic carbocycles. The van der Waals surface area contributed by atoms with Gasteiger partial charge in [0.25, 0.3) is 0 Å². The first-order valence-corrected chi connectivity index (χ1v) is 10.2. The van der Waals surface area contributed by atoms with E-state index >= 15 is 0 Å². The fraction of sp³-hybridized carbons (Fsp3) is 1.00. The van der Waals surface area contributed by atoms with E-state index in [1.54, 1.807) is 0 Å². The highest BCUT2D eigenvalue weighted by Crippen LogP contribution is 2.81. The summed E-state index contributed by atoms with van der Waals surface area (Å²) in [5, 5.41) is 0. The third-order valence-corrected chi connectivity index (χ3v) is 11.7. The number of hydrogen-bond acceptors (Lipinski definition) is 0. The Bertz CT molecular complexity index is 393. The first-order chi connectivity index (χ1) is 8.28. The molecule has 0 aromatic rings. The molecule has 0 amide bonds. The molecular weight excluding hydrogens is 488 g/mol. The Hall–Kier alpha value is 1.92. The molecule has 0 heterocycles. The zero-order valence-electron chi connectivity index (χ0n) is 10.1. The van der Waals surface area contributed by atoms with E-state index in [0.717, 1.165) is 23.7 Å². The molecule has 0 saturated heterocycles. The van der Waals surface area contributed by atoms with Gasteiger partial charge in [-0.2, -0.15) is 0 Å². The van der Waals surface area contributed by atoms with E-state index in [1.165, 1.54) is 38.5 Å². The van der Waals surface area contributed by atoms with Crippen LogP contribution in [0.5, 0.6) is 0 Å². The van der Waals surface area contributed by atoms with E-state index in [0.29, 0.717) is 17.3 Å². The van der Waals surface area contributed by atoms with Crippen LogP contribution in [-0.4, -0.2) is 17.3 Å². The van der Waals surface area contributed by atoms with Gasteiger partial charge < -0.3 is 0 Å². The Morgan fingerprint density at radius 1 is 0.556 bits per heavy atom. The predicted molar refractivity (Wildman–Crippen MR) is 88.3 cm³/mol. The van der Waals surface area contributed by atoms with Crippen LogP contribution < -0.4 is 0 Å². The Balaban J connectivity index is 1.76. The molecule has 0 aliphatic heterocycles. The molecule has 0 radical (unpaired) electrons. The highest BCUT2D eigenvalue weighted by Gasteiger charge is 2.78. The van der Waals surface area contributed by atoms with Crippen LogP contribution in [0.3, 0.4) is 0 Å². The number of alkyl halides is 4. The van der Waals surface area contributed by atoms with Crippen LogP contribution in [-0.2, 0) is 0 Å². The molecule has 4 heteroatoms. The molecule has 100 valence electrons. The number of rotatable bonds is 0. The van der Waals surface area contributed by atoms with E-state index in [-0.39, 0.29) is 0 Å². The van der Waals surface area contributed by atoms with Gasteiger partial charge in [-0.25, -0.2) is 0 Å². The van der Waals surface area contributed by atoms with E-state index in [1.807, 2.05) is 0 Å². The second-order valence-electron chi connectivity index (χ2n) is 7.75. The van der Waals surface area contributed by atoms with Crippen molar-refractivity contribution in [3.8, 4) is 0 Å². The largest absolute Gasteiger partial charge is 0.0853 e. The van der Waals surface area contributed by atoms with E-state index in [4.69, 9.17) is 0 Å². The molecule has 0 nitrogen and oxygen atoms in total. The monoisotopic (exact) mass is 500 g/mol. The highest BCUT2D eigenvalue weighted by molar-refractivity contribution is 9.11. The third kappa shape index (κ3) is 1.18. The summed E-state index contributed by atoms with van der Waals surface area (Å²) in [6.45, 7) is 0. The summed E-state index contributed by atoms with van der Waals surface area (Å²) in [6.07, 6.45) is 8.28. The van der Waals surface area contributed by atoms with Crippen molar-refractivity contribution in [1.82, 2.24) is 0 Å². The van der Waals surface area contributed by atoms with Gasteiger partial charge in [0.2, 0.25) is 0 Å². The molecule has 0 aromatic heterocycles. The average molecular weight is 504 g/mol. The third-order valence-electron chi connectivity index (χ3n) is 6.96. The minimum Gasteiger partial charge on any atom is -0.0853 e. The van der Waals surface area contributed by atoms with Crippen molar-refractivity contribution in [2.75, 3.05) is 0 Å². The molecule has 7 aliphatic rings. The van der Waals surface area contributed by atoms with Gasteiger partial charge in [-0.15, -0.1) is 0 Å². The maximum Gasteiger partial charge on any atom is 0.0334 e. The van der Waals surface area contributed by atoms with Crippen molar-refractivity contribution in [1.29, 1.82) is 0 Å². The van der Waals surface area contributed by atoms with Gasteiger partial charge in [-0.3, -0.25) is 0 Å². The summed E-state index contributed by atoms with van der Waals surface area (Å²) in [7, 11) is 0. The Morgan fingerprint density at radius 2 is 0.833 bits per heavy atom. The first kappa shape index (κ1) is 12.5. The van der Waals surface area contributed by atoms with Crippen LogP contribution in [0.2, 0.25) is 0 Å². The zero-order valence-corrected chi connectivity index (χ0v) is 16.4. The van der Waals surface area contributed by atoms with Crippen LogP contribution >= 0.6 is 63.7 Å². The molecule has 4 atom stereocenters. The van der Waals surface area contributed by atoms with Crippen molar-refractivity contribution < 1.29 is 0 Å². The summed E-state index contributed by atoms with van der Waals surface area (Å²) in [4.78, 5) is 0. The Morgan fingerprint density at radius 3 is 1.11 bits per heavy atom. The molecule has 7 saturated carbocycles. The van der Waals surface area contributed by atoms with Crippen molar-refractivity contribution in [2.45, 2.75) is 55.8 Å². The molecule has 7 fully saturated rings. The Kier molecular flexibility index (Phi) is 2.18. The van der Waals surface area contributed by atoms with Crippen LogP contribution in [0.25, 0.3) is 0 Å². The van der Waals surface area contributed by atoms with Crippen molar-refractivity contribution >= 4 is 63.7 Å². The SMILES string of the molecule is BrC12CC3C4CC5(Br)CC(C(C1)C3(Br)C5)C4(Br)C2. The summed E-state index contributed by atoms with van der Waals surface area (Å²) >= 11 is 16.8. The lowest BCUT2D eigenvalue weighted by molar-refractivity contribution is -0.144. The molecular formula is C14H16Br4. The second kappa shape index (κ2) is 3.15. The summed E-state index contributed by atoms with van der Waals surface area (Å²) < 4.78 is 1.77. The zero-order chi connectivity index (χ0) is 12.6. The lowest BCUT2D eigenvalue weighted by Gasteiger charge is -2.78. The van der Waals surface area contributed by atoms with Gasteiger partial charge in [0.15, 0.2) is 0 Å². The van der Waals surface area contributed by atoms with E-state index in [9.17, 15) is 0 Å². The minimum atomic E-state index is 0.442. The first-order valence-electron chi connectivity index (χ1n) is 7.04. The van der Waals surface area contributed by atoms with Crippen molar-refractivity contribution in [3.63, 3.8) is 0 Å². The van der Waals surface area contributed by atoms with Crippen LogP contribution in [0, 0.1) is 23.7 Å². The quantitative estimate of drug-likeness (QED) is 0.389. The minimum absolute atomic E-state index is 0.442. The summed E-state index contributed by atoms with van der Waals surface area (Å²) in [6, 6.07) is 0. The lowest BCUT2D eigenvalue weighted by atomic mass is 9.35. The lowest BCUT2D eigenvalue weighted by Crippen LogP contribution is -2.79. The summed E-state index contributed by atoms with van der Waals surface area (Å²) in [5.74, 6) is 3.52. The maximum atomic E-state index is 4.26. The smallest absolute Gasteiger partial charge is 0.0334 e. The van der Waals surface area contributed by atoms with Gasteiger partial charge in [-0.05, 0) is 62.2 Å². The fourth-order valence-electron chi connectivity index (χ4n) is 6.66. The fourth-order valence-corrected chi connectivity index (χ4v) is 12.7. The van der Waals surface area contributed by atoms with Gasteiger partial charge >= 0.3 is 0 Å². The number of halogens is 4. The summed E-state index contributed by atoms with van der Waals surface area (Å²) in [5.41, 5.74) is 0. The molecule has 7 rings (SSSR count).